The number of hydrogen-bond donors (Lipinski definition) is 1. The van der Waals surface area contributed by atoms with E-state index in [2.05, 4.69) is 33.1 Å². The second-order valence-corrected chi connectivity index (χ2v) is 21.3. The molecule has 1 aliphatic heterocycles. The Kier molecular flexibility index (Phi) is 5.40. The summed E-state index contributed by atoms with van der Waals surface area (Å²) in [6.45, 7) is 12.3. The van der Waals surface area contributed by atoms with Gasteiger partial charge in [-0.25, -0.2) is 0 Å². The zero-order valence-corrected chi connectivity index (χ0v) is 14.0. The predicted molar refractivity (Wildman–Crippen MR) is 76.4 cm³/mol. The molecule has 102 valence electrons. The largest absolute Gasteiger partial charge is 0.415 e. The normalized spacial score (nSPS) is 28.9. The fourth-order valence-corrected chi connectivity index (χ4v) is 8.96. The number of rotatable bonds is 5. The molecule has 1 heterocycles. The van der Waals surface area contributed by atoms with E-state index in [9.17, 15) is 0 Å². The SMILES string of the molecule is CCC(OCCO)C1CC[Si](C)(C)[Si](C)(C)O1. The van der Waals surface area contributed by atoms with Gasteiger partial charge in [0, 0.05) is 0 Å². The third-order valence-corrected chi connectivity index (χ3v) is 20.9. The van der Waals surface area contributed by atoms with Crippen LogP contribution in [0.3, 0.4) is 0 Å². The summed E-state index contributed by atoms with van der Waals surface area (Å²) in [5, 5.41) is 8.84. The van der Waals surface area contributed by atoms with Gasteiger partial charge in [0.05, 0.1) is 33.0 Å². The van der Waals surface area contributed by atoms with Gasteiger partial charge in [0.1, 0.15) is 0 Å². The van der Waals surface area contributed by atoms with Crippen LogP contribution in [0.2, 0.25) is 32.2 Å². The van der Waals surface area contributed by atoms with E-state index < -0.39 is 15.4 Å². The minimum absolute atomic E-state index is 0.101. The van der Waals surface area contributed by atoms with Crippen LogP contribution in [0.25, 0.3) is 0 Å². The molecule has 2 atom stereocenters. The summed E-state index contributed by atoms with van der Waals surface area (Å²) in [6.07, 6.45) is 2.53. The van der Waals surface area contributed by atoms with Crippen LogP contribution < -0.4 is 0 Å². The molecule has 0 bridgehead atoms. The summed E-state index contributed by atoms with van der Waals surface area (Å²) in [5.41, 5.74) is 0. The minimum atomic E-state index is -1.50. The van der Waals surface area contributed by atoms with Gasteiger partial charge in [0.25, 0.3) is 0 Å². The lowest BCUT2D eigenvalue weighted by Crippen LogP contribution is -2.63. The second-order valence-electron chi connectivity index (χ2n) is 6.13. The average molecular weight is 277 g/mol. The highest BCUT2D eigenvalue weighted by atomic mass is 29.3. The van der Waals surface area contributed by atoms with E-state index in [-0.39, 0.29) is 18.8 Å². The van der Waals surface area contributed by atoms with Crippen LogP contribution in [0.1, 0.15) is 19.8 Å². The Labute approximate surface area is 107 Å². The summed E-state index contributed by atoms with van der Waals surface area (Å²) < 4.78 is 12.1. The van der Waals surface area contributed by atoms with Crippen LogP contribution in [0, 0.1) is 0 Å². The van der Waals surface area contributed by atoms with E-state index in [0.717, 1.165) is 12.8 Å². The molecule has 3 nitrogen and oxygen atoms in total. The quantitative estimate of drug-likeness (QED) is 0.784. The molecule has 1 saturated heterocycles. The van der Waals surface area contributed by atoms with Crippen molar-refractivity contribution in [2.24, 2.45) is 0 Å². The van der Waals surface area contributed by atoms with Crippen molar-refractivity contribution in [1.82, 2.24) is 0 Å². The van der Waals surface area contributed by atoms with E-state index in [0.29, 0.717) is 6.61 Å². The average Bonchev–Trinajstić information content (AvgIpc) is 2.24. The van der Waals surface area contributed by atoms with E-state index >= 15 is 0 Å². The molecule has 0 aliphatic carbocycles. The maximum atomic E-state index is 8.84. The molecule has 17 heavy (non-hydrogen) atoms. The first-order chi connectivity index (χ1) is 7.84. The molecular weight excluding hydrogens is 248 g/mol. The Morgan fingerprint density at radius 1 is 1.35 bits per heavy atom. The van der Waals surface area contributed by atoms with Crippen LogP contribution in [0.4, 0.5) is 0 Å². The fraction of sp³-hybridized carbons (Fsp3) is 1.00. The Hall–Kier alpha value is 0.314. The van der Waals surface area contributed by atoms with Crippen LogP contribution in [0.5, 0.6) is 0 Å². The zero-order valence-electron chi connectivity index (χ0n) is 12.0. The van der Waals surface area contributed by atoms with Crippen LogP contribution in [-0.2, 0) is 9.16 Å². The minimum Gasteiger partial charge on any atom is -0.415 e. The maximum Gasteiger partial charge on any atom is 0.174 e. The third-order valence-electron chi connectivity index (χ3n) is 4.37. The van der Waals surface area contributed by atoms with Crippen LogP contribution in [0.15, 0.2) is 0 Å². The van der Waals surface area contributed by atoms with Crippen LogP contribution >= 0.6 is 0 Å². The number of ether oxygens (including phenoxy) is 1. The Morgan fingerprint density at radius 3 is 2.47 bits per heavy atom. The summed E-state index contributed by atoms with van der Waals surface area (Å²) in [5.74, 6) is 0. The van der Waals surface area contributed by atoms with Gasteiger partial charge >= 0.3 is 0 Å². The van der Waals surface area contributed by atoms with Crippen molar-refractivity contribution in [3.05, 3.63) is 0 Å². The molecule has 0 radical (unpaired) electrons. The van der Waals surface area contributed by atoms with Crippen molar-refractivity contribution in [2.45, 2.75) is 64.2 Å². The summed E-state index contributed by atoms with van der Waals surface area (Å²) in [7, 11) is -2.64. The molecule has 0 saturated carbocycles. The van der Waals surface area contributed by atoms with Gasteiger partial charge in [0.2, 0.25) is 0 Å². The molecule has 2 unspecified atom stereocenters. The van der Waals surface area contributed by atoms with E-state index in [1.165, 1.54) is 6.04 Å². The zero-order chi connectivity index (χ0) is 13.1. The monoisotopic (exact) mass is 276 g/mol. The maximum absolute atomic E-state index is 8.84. The fourth-order valence-electron chi connectivity index (χ4n) is 2.35. The molecule has 1 aliphatic rings. The molecule has 0 aromatic heterocycles. The molecule has 0 spiro atoms. The van der Waals surface area contributed by atoms with Crippen molar-refractivity contribution in [3.63, 3.8) is 0 Å². The second kappa shape index (κ2) is 5.97. The smallest absolute Gasteiger partial charge is 0.174 e. The van der Waals surface area contributed by atoms with Crippen molar-refractivity contribution >= 4 is 15.4 Å². The highest BCUT2D eigenvalue weighted by Gasteiger charge is 2.48. The lowest BCUT2D eigenvalue weighted by molar-refractivity contribution is -0.0436. The molecular formula is C12H28O3Si2. The van der Waals surface area contributed by atoms with Gasteiger partial charge in [0.15, 0.2) is 7.83 Å². The van der Waals surface area contributed by atoms with Gasteiger partial charge < -0.3 is 14.3 Å². The van der Waals surface area contributed by atoms with Crippen molar-refractivity contribution in [2.75, 3.05) is 13.2 Å². The van der Waals surface area contributed by atoms with E-state index in [4.69, 9.17) is 14.3 Å². The molecule has 0 aromatic rings. The molecule has 0 amide bonds. The topological polar surface area (TPSA) is 38.7 Å². The molecule has 1 rings (SSSR count). The predicted octanol–water partition coefficient (Wildman–Crippen LogP) is 2.55. The van der Waals surface area contributed by atoms with Crippen molar-refractivity contribution in [1.29, 1.82) is 0 Å². The molecule has 1 N–H and O–H groups in total. The Bertz CT molecular complexity index is 244. The summed E-state index contributed by atoms with van der Waals surface area (Å²) in [4.78, 5) is 0. The first kappa shape index (κ1) is 15.4. The van der Waals surface area contributed by atoms with Gasteiger partial charge in [-0.15, -0.1) is 0 Å². The van der Waals surface area contributed by atoms with Gasteiger partial charge in [-0.05, 0) is 25.9 Å². The van der Waals surface area contributed by atoms with E-state index in [1.54, 1.807) is 0 Å². The highest BCUT2D eigenvalue weighted by Crippen LogP contribution is 2.35. The molecule has 5 heteroatoms. The lowest BCUT2D eigenvalue weighted by atomic mass is 10.1. The van der Waals surface area contributed by atoms with Crippen molar-refractivity contribution < 1.29 is 14.3 Å². The van der Waals surface area contributed by atoms with E-state index in [1.807, 2.05) is 0 Å². The first-order valence-corrected chi connectivity index (χ1v) is 13.9. The van der Waals surface area contributed by atoms with Gasteiger partial charge in [-0.2, -0.15) is 0 Å². The molecule has 0 aromatic carbocycles. The third kappa shape index (κ3) is 3.64. The van der Waals surface area contributed by atoms with Crippen LogP contribution in [-0.4, -0.2) is 46.0 Å². The Morgan fingerprint density at radius 2 is 2.00 bits per heavy atom. The number of aliphatic hydroxyl groups excluding tert-OH is 1. The van der Waals surface area contributed by atoms with Gasteiger partial charge in [-0.1, -0.05) is 26.1 Å². The molecule has 1 fully saturated rings. The first-order valence-electron chi connectivity index (χ1n) is 6.74. The van der Waals surface area contributed by atoms with Crippen molar-refractivity contribution in [3.8, 4) is 0 Å². The Balaban J connectivity index is 2.62. The number of aliphatic hydroxyl groups is 1. The summed E-state index contributed by atoms with van der Waals surface area (Å²) >= 11 is 0. The lowest BCUT2D eigenvalue weighted by Gasteiger charge is -2.47. The highest BCUT2D eigenvalue weighted by molar-refractivity contribution is 7.38. The standard InChI is InChI=1S/C12H28O3Si2/c1-6-11(14-9-8-13)12-7-10-16(2,3)17(4,5)15-12/h11-13H,6-10H2,1-5H3. The summed E-state index contributed by atoms with van der Waals surface area (Å²) in [6, 6.07) is 1.36. The van der Waals surface area contributed by atoms with Gasteiger partial charge in [-0.3, -0.25) is 0 Å². The number of hydrogen-bond acceptors (Lipinski definition) is 3.